The summed E-state index contributed by atoms with van der Waals surface area (Å²) in [5.41, 5.74) is 0.767. The van der Waals surface area contributed by atoms with Crippen LogP contribution in [0.5, 0.6) is 0 Å². The Morgan fingerprint density at radius 1 is 1.30 bits per heavy atom. The van der Waals surface area contributed by atoms with Gasteiger partial charge in [0.1, 0.15) is 10.7 Å². The molecule has 2 heterocycles. The Morgan fingerprint density at radius 3 is 2.80 bits per heavy atom. The van der Waals surface area contributed by atoms with Crippen molar-refractivity contribution in [3.8, 4) is 0 Å². The van der Waals surface area contributed by atoms with E-state index in [0.29, 0.717) is 17.3 Å². The molecule has 0 unspecified atom stereocenters. The lowest BCUT2D eigenvalue weighted by molar-refractivity contribution is 0.599. The van der Waals surface area contributed by atoms with Gasteiger partial charge in [-0.2, -0.15) is 0 Å². The molecule has 0 saturated carbocycles. The van der Waals surface area contributed by atoms with E-state index in [4.69, 9.17) is 0 Å². The van der Waals surface area contributed by atoms with Crippen LogP contribution in [0.3, 0.4) is 0 Å². The third-order valence-corrected chi connectivity index (χ3v) is 5.15. The van der Waals surface area contributed by atoms with Crippen molar-refractivity contribution in [1.82, 2.24) is 10.3 Å². The first-order valence-electron chi connectivity index (χ1n) is 6.26. The Morgan fingerprint density at radius 2 is 2.10 bits per heavy atom. The van der Waals surface area contributed by atoms with E-state index in [1.54, 1.807) is 23.6 Å². The zero-order chi connectivity index (χ0) is 14.6. The Balaban J connectivity index is 2.24. The molecule has 2 aromatic rings. The summed E-state index contributed by atoms with van der Waals surface area (Å²) in [6, 6.07) is 6.85. The number of thiophene rings is 1. The molecule has 0 saturated heterocycles. The summed E-state index contributed by atoms with van der Waals surface area (Å²) in [6.45, 7) is 5.14. The van der Waals surface area contributed by atoms with Crippen molar-refractivity contribution in [1.29, 1.82) is 0 Å². The van der Waals surface area contributed by atoms with E-state index in [2.05, 4.69) is 15.0 Å². The van der Waals surface area contributed by atoms with Crippen molar-refractivity contribution in [3.05, 3.63) is 40.2 Å². The summed E-state index contributed by atoms with van der Waals surface area (Å²) in [6.07, 6.45) is 0. The van der Waals surface area contributed by atoms with E-state index in [-0.39, 0.29) is 0 Å². The van der Waals surface area contributed by atoms with E-state index in [1.807, 2.05) is 19.9 Å². The third-order valence-electron chi connectivity index (χ3n) is 2.66. The quantitative estimate of drug-likeness (QED) is 0.859. The lowest BCUT2D eigenvalue weighted by Gasteiger charge is -2.09. The van der Waals surface area contributed by atoms with Crippen LogP contribution in [-0.2, 0) is 16.6 Å². The molecule has 7 heteroatoms. The van der Waals surface area contributed by atoms with Crippen LogP contribution < -0.4 is 10.0 Å². The summed E-state index contributed by atoms with van der Waals surface area (Å²) in [7, 11) is -3.59. The van der Waals surface area contributed by atoms with Crippen molar-refractivity contribution in [2.24, 2.45) is 0 Å². The Labute approximate surface area is 123 Å². The van der Waals surface area contributed by atoms with Crippen molar-refractivity contribution >= 4 is 27.2 Å². The smallest absolute Gasteiger partial charge is 0.264 e. The fourth-order valence-electron chi connectivity index (χ4n) is 1.73. The first-order valence-corrected chi connectivity index (χ1v) is 8.63. The topological polar surface area (TPSA) is 71.1 Å². The number of aryl methyl sites for hydroxylation is 1. The second-order valence-electron chi connectivity index (χ2n) is 4.26. The minimum Gasteiger partial charge on any atom is -0.312 e. The summed E-state index contributed by atoms with van der Waals surface area (Å²) in [5, 5.41) is 4.92. The first-order chi connectivity index (χ1) is 9.53. The van der Waals surface area contributed by atoms with Crippen LogP contribution in [0.15, 0.2) is 34.5 Å². The largest absolute Gasteiger partial charge is 0.312 e. The van der Waals surface area contributed by atoms with Gasteiger partial charge in [-0.05, 0) is 37.0 Å². The lowest BCUT2D eigenvalue weighted by atomic mass is 10.4. The number of sulfonamides is 1. The average Bonchev–Trinajstić information content (AvgIpc) is 2.85. The van der Waals surface area contributed by atoms with Gasteiger partial charge in [0.05, 0.1) is 0 Å². The van der Waals surface area contributed by atoms with E-state index >= 15 is 0 Å². The van der Waals surface area contributed by atoms with Gasteiger partial charge in [-0.3, -0.25) is 4.72 Å². The van der Waals surface area contributed by atoms with E-state index in [1.165, 1.54) is 11.3 Å². The second kappa shape index (κ2) is 6.34. The Hall–Kier alpha value is -1.44. The van der Waals surface area contributed by atoms with Crippen LogP contribution in [0.25, 0.3) is 0 Å². The van der Waals surface area contributed by atoms with Crippen LogP contribution >= 0.6 is 11.3 Å². The molecule has 0 atom stereocenters. The summed E-state index contributed by atoms with van der Waals surface area (Å²) < 4.78 is 27.3. The zero-order valence-electron chi connectivity index (χ0n) is 11.4. The molecule has 2 aromatic heterocycles. The van der Waals surface area contributed by atoms with E-state index in [0.717, 1.165) is 17.1 Å². The number of aromatic nitrogens is 1. The molecule has 0 aliphatic carbocycles. The van der Waals surface area contributed by atoms with E-state index < -0.39 is 10.0 Å². The fourth-order valence-corrected chi connectivity index (χ4v) is 4.14. The van der Waals surface area contributed by atoms with Crippen LogP contribution in [0.2, 0.25) is 0 Å². The van der Waals surface area contributed by atoms with Crippen molar-refractivity contribution in [3.63, 3.8) is 0 Å². The number of pyridine rings is 1. The Bertz CT molecular complexity index is 680. The number of anilines is 1. The average molecular weight is 311 g/mol. The molecule has 108 valence electrons. The highest BCUT2D eigenvalue weighted by Crippen LogP contribution is 2.23. The molecular formula is C13H17N3O2S2. The fraction of sp³-hybridized carbons (Fsp3) is 0.308. The van der Waals surface area contributed by atoms with Crippen LogP contribution in [0, 0.1) is 6.92 Å². The molecule has 0 amide bonds. The maximum Gasteiger partial charge on any atom is 0.264 e. The molecule has 0 fully saturated rings. The zero-order valence-corrected chi connectivity index (χ0v) is 13.0. The van der Waals surface area contributed by atoms with Crippen LogP contribution in [-0.4, -0.2) is 19.9 Å². The van der Waals surface area contributed by atoms with Gasteiger partial charge in [-0.25, -0.2) is 13.4 Å². The van der Waals surface area contributed by atoms with Crippen molar-refractivity contribution in [2.75, 3.05) is 11.3 Å². The van der Waals surface area contributed by atoms with Gasteiger partial charge >= 0.3 is 0 Å². The normalized spacial score (nSPS) is 11.5. The van der Waals surface area contributed by atoms with Gasteiger partial charge < -0.3 is 5.32 Å². The van der Waals surface area contributed by atoms with Gasteiger partial charge in [-0.1, -0.05) is 13.0 Å². The SMILES string of the molecule is CCNCc1sccc1S(=O)(=O)Nc1cccc(C)n1. The van der Waals surface area contributed by atoms with Gasteiger partial charge in [0, 0.05) is 17.1 Å². The Kier molecular flexibility index (Phi) is 4.74. The van der Waals surface area contributed by atoms with Crippen molar-refractivity contribution in [2.45, 2.75) is 25.3 Å². The summed E-state index contributed by atoms with van der Waals surface area (Å²) in [4.78, 5) is 5.27. The predicted octanol–water partition coefficient (Wildman–Crippen LogP) is 2.36. The highest BCUT2D eigenvalue weighted by Gasteiger charge is 2.20. The molecule has 0 aliphatic rings. The predicted molar refractivity (Wildman–Crippen MR) is 81.5 cm³/mol. The summed E-state index contributed by atoms with van der Waals surface area (Å²) >= 11 is 1.43. The minimum absolute atomic E-state index is 0.312. The number of rotatable bonds is 6. The van der Waals surface area contributed by atoms with E-state index in [9.17, 15) is 8.42 Å². The molecule has 0 bridgehead atoms. The first kappa shape index (κ1) is 15.0. The maximum atomic E-state index is 12.4. The molecule has 0 radical (unpaired) electrons. The summed E-state index contributed by atoms with van der Waals surface area (Å²) in [5.74, 6) is 0.339. The third kappa shape index (κ3) is 3.56. The van der Waals surface area contributed by atoms with Crippen molar-refractivity contribution < 1.29 is 8.42 Å². The molecule has 0 aromatic carbocycles. The van der Waals surface area contributed by atoms with Crippen LogP contribution in [0.1, 0.15) is 17.5 Å². The number of hydrogen-bond acceptors (Lipinski definition) is 5. The molecule has 2 rings (SSSR count). The van der Waals surface area contributed by atoms with Gasteiger partial charge in [-0.15, -0.1) is 11.3 Å². The number of nitrogens with one attached hydrogen (secondary N) is 2. The van der Waals surface area contributed by atoms with Crippen LogP contribution in [0.4, 0.5) is 5.82 Å². The monoisotopic (exact) mass is 311 g/mol. The maximum absolute atomic E-state index is 12.4. The van der Waals surface area contributed by atoms with Gasteiger partial charge in [0.25, 0.3) is 10.0 Å². The molecule has 0 spiro atoms. The molecule has 0 aliphatic heterocycles. The number of hydrogen-bond donors (Lipinski definition) is 2. The van der Waals surface area contributed by atoms with Gasteiger partial charge in [0.15, 0.2) is 0 Å². The lowest BCUT2D eigenvalue weighted by Crippen LogP contribution is -2.17. The highest BCUT2D eigenvalue weighted by atomic mass is 32.2. The highest BCUT2D eigenvalue weighted by molar-refractivity contribution is 7.92. The second-order valence-corrected chi connectivity index (χ2v) is 6.91. The minimum atomic E-state index is -3.59. The standard InChI is InChI=1S/C13H17N3O2S2/c1-3-14-9-11-12(7-8-19-11)20(17,18)16-13-6-4-5-10(2)15-13/h4-8,14H,3,9H2,1-2H3,(H,15,16). The molecular weight excluding hydrogens is 294 g/mol. The van der Waals surface area contributed by atoms with Gasteiger partial charge in [0.2, 0.25) is 0 Å². The molecule has 2 N–H and O–H groups in total. The number of nitrogens with zero attached hydrogens (tertiary/aromatic N) is 1. The molecule has 20 heavy (non-hydrogen) atoms. The molecule has 5 nitrogen and oxygen atoms in total.